The van der Waals surface area contributed by atoms with Gasteiger partial charge in [0.25, 0.3) is 0 Å². The van der Waals surface area contributed by atoms with Crippen LogP contribution in [0.4, 0.5) is 19.0 Å². The minimum absolute atomic E-state index is 0.238. The molecule has 0 aliphatic carbocycles. The Labute approximate surface area is 135 Å². The van der Waals surface area contributed by atoms with E-state index in [0.29, 0.717) is 0 Å². The molecule has 0 bridgehead atoms. The molecule has 0 spiro atoms. The molecule has 130 valence electrons. The van der Waals surface area contributed by atoms with Crippen LogP contribution in [0.15, 0.2) is 12.3 Å². The van der Waals surface area contributed by atoms with Crippen LogP contribution in [0.25, 0.3) is 0 Å². The van der Waals surface area contributed by atoms with Crippen molar-refractivity contribution in [1.29, 1.82) is 0 Å². The quantitative estimate of drug-likeness (QED) is 0.923. The molecule has 7 heteroatoms. The molecule has 1 N–H and O–H groups in total. The predicted octanol–water partition coefficient (Wildman–Crippen LogP) is 3.06. The van der Waals surface area contributed by atoms with Gasteiger partial charge in [-0.3, -0.25) is 4.90 Å². The van der Waals surface area contributed by atoms with Crippen molar-refractivity contribution >= 4 is 5.82 Å². The van der Waals surface area contributed by atoms with Gasteiger partial charge in [-0.1, -0.05) is 0 Å². The summed E-state index contributed by atoms with van der Waals surface area (Å²) in [6.07, 6.45) is -3.02. The van der Waals surface area contributed by atoms with Gasteiger partial charge < -0.3 is 10.2 Å². The van der Waals surface area contributed by atoms with Gasteiger partial charge in [-0.2, -0.15) is 13.2 Å². The molecule has 1 saturated heterocycles. The fourth-order valence-corrected chi connectivity index (χ4v) is 2.57. The summed E-state index contributed by atoms with van der Waals surface area (Å²) in [6, 6.07) is 1.12. The molecule has 4 nitrogen and oxygen atoms in total. The lowest BCUT2D eigenvalue weighted by atomic mass is 10.1. The number of piperazine rings is 1. The van der Waals surface area contributed by atoms with Crippen LogP contribution in [0.3, 0.4) is 0 Å². The fraction of sp³-hybridized carbons (Fsp3) is 0.688. The maximum absolute atomic E-state index is 13.4. The Kier molecular flexibility index (Phi) is 5.20. The summed E-state index contributed by atoms with van der Waals surface area (Å²) in [7, 11) is 2.02. The maximum atomic E-state index is 13.4. The topological polar surface area (TPSA) is 31.4 Å². The van der Waals surface area contributed by atoms with Crippen LogP contribution < -0.4 is 5.32 Å². The van der Waals surface area contributed by atoms with Crippen LogP contribution in [0.5, 0.6) is 0 Å². The minimum Gasteiger partial charge on any atom is -0.365 e. The fourth-order valence-electron chi connectivity index (χ4n) is 2.57. The summed E-state index contributed by atoms with van der Waals surface area (Å²) in [6.45, 7) is 9.24. The normalized spacial score (nSPS) is 18.2. The van der Waals surface area contributed by atoms with Crippen LogP contribution >= 0.6 is 0 Å². The molecule has 23 heavy (non-hydrogen) atoms. The van der Waals surface area contributed by atoms with Crippen molar-refractivity contribution in [3.05, 3.63) is 23.4 Å². The Morgan fingerprint density at radius 2 is 1.74 bits per heavy atom. The summed E-state index contributed by atoms with van der Waals surface area (Å²) >= 11 is 0. The zero-order valence-electron chi connectivity index (χ0n) is 14.2. The van der Waals surface area contributed by atoms with E-state index in [4.69, 9.17) is 0 Å². The third-order valence-electron chi connectivity index (χ3n) is 3.78. The lowest BCUT2D eigenvalue weighted by molar-refractivity contribution is -0.138. The Balaban J connectivity index is 2.21. The average Bonchev–Trinajstić information content (AvgIpc) is 2.40. The molecular weight excluding hydrogens is 305 g/mol. The van der Waals surface area contributed by atoms with E-state index in [1.54, 1.807) is 0 Å². The molecule has 0 radical (unpaired) electrons. The number of hydrogen-bond donors (Lipinski definition) is 1. The largest absolute Gasteiger partial charge is 0.416 e. The van der Waals surface area contributed by atoms with E-state index in [-0.39, 0.29) is 23.5 Å². The van der Waals surface area contributed by atoms with Crippen LogP contribution in [0, 0.1) is 0 Å². The number of nitrogens with zero attached hydrogens (tertiary/aromatic N) is 3. The van der Waals surface area contributed by atoms with Gasteiger partial charge in [0.2, 0.25) is 0 Å². The Morgan fingerprint density at radius 1 is 1.13 bits per heavy atom. The molecule has 1 aliphatic heterocycles. The third-order valence-corrected chi connectivity index (χ3v) is 3.78. The van der Waals surface area contributed by atoms with Gasteiger partial charge in [-0.15, -0.1) is 0 Å². The molecule has 0 unspecified atom stereocenters. The van der Waals surface area contributed by atoms with Crippen LogP contribution in [0.1, 0.15) is 31.9 Å². The van der Waals surface area contributed by atoms with Gasteiger partial charge in [0.05, 0.1) is 5.56 Å². The molecule has 1 aromatic heterocycles. The van der Waals surface area contributed by atoms with E-state index < -0.39 is 11.7 Å². The SMILES string of the molecule is CN1CCN(Cc2cnc(NC(C)(C)C)cc2C(F)(F)F)CC1. The minimum atomic E-state index is -4.38. The second-order valence-corrected chi connectivity index (χ2v) is 7.18. The van der Waals surface area contributed by atoms with E-state index in [9.17, 15) is 13.2 Å². The van der Waals surface area contributed by atoms with Gasteiger partial charge in [-0.25, -0.2) is 4.98 Å². The van der Waals surface area contributed by atoms with Crippen molar-refractivity contribution in [2.75, 3.05) is 38.5 Å². The Hall–Kier alpha value is -1.34. The summed E-state index contributed by atoms with van der Waals surface area (Å²) in [5.41, 5.74) is -0.700. The number of hydrogen-bond acceptors (Lipinski definition) is 4. The van der Waals surface area contributed by atoms with Gasteiger partial charge in [0.1, 0.15) is 5.82 Å². The lowest BCUT2D eigenvalue weighted by Gasteiger charge is -2.33. The molecule has 1 aromatic rings. The van der Waals surface area contributed by atoms with Gasteiger partial charge in [-0.05, 0) is 39.4 Å². The van der Waals surface area contributed by atoms with Gasteiger partial charge in [0, 0.05) is 44.5 Å². The van der Waals surface area contributed by atoms with Crippen molar-refractivity contribution in [3.63, 3.8) is 0 Å². The molecule has 1 fully saturated rings. The average molecular weight is 330 g/mol. The molecule has 2 heterocycles. The van der Waals surface area contributed by atoms with Gasteiger partial charge in [0.15, 0.2) is 0 Å². The number of alkyl halides is 3. The second kappa shape index (κ2) is 6.65. The third kappa shape index (κ3) is 5.35. The molecule has 1 aliphatic rings. The second-order valence-electron chi connectivity index (χ2n) is 7.18. The van der Waals surface area contributed by atoms with Crippen molar-refractivity contribution in [2.45, 2.75) is 39.0 Å². The number of rotatable bonds is 3. The molecule has 0 atom stereocenters. The molecular formula is C16H25F3N4. The lowest BCUT2D eigenvalue weighted by Crippen LogP contribution is -2.44. The summed E-state index contributed by atoms with van der Waals surface area (Å²) < 4.78 is 40.2. The molecule has 2 rings (SSSR count). The number of likely N-dealkylation sites (N-methyl/N-ethyl adjacent to an activating group) is 1. The smallest absolute Gasteiger partial charge is 0.365 e. The first-order valence-electron chi connectivity index (χ1n) is 7.80. The summed E-state index contributed by atoms with van der Waals surface area (Å²) in [5, 5.41) is 3.00. The highest BCUT2D eigenvalue weighted by molar-refractivity contribution is 5.44. The van der Waals surface area contributed by atoms with Crippen molar-refractivity contribution in [3.8, 4) is 0 Å². The van der Waals surface area contributed by atoms with E-state index in [1.807, 2.05) is 32.7 Å². The number of anilines is 1. The highest BCUT2D eigenvalue weighted by Crippen LogP contribution is 2.34. The van der Waals surface area contributed by atoms with E-state index in [1.165, 1.54) is 6.20 Å². The number of pyridine rings is 1. The van der Waals surface area contributed by atoms with Crippen LogP contribution in [-0.4, -0.2) is 53.5 Å². The first kappa shape index (κ1) is 18.0. The molecule has 0 aromatic carbocycles. The Morgan fingerprint density at radius 3 is 2.26 bits per heavy atom. The van der Waals surface area contributed by atoms with E-state index in [2.05, 4.69) is 15.2 Å². The highest BCUT2D eigenvalue weighted by Gasteiger charge is 2.34. The van der Waals surface area contributed by atoms with Crippen molar-refractivity contribution < 1.29 is 13.2 Å². The first-order valence-corrected chi connectivity index (χ1v) is 7.80. The maximum Gasteiger partial charge on any atom is 0.416 e. The number of aromatic nitrogens is 1. The first-order chi connectivity index (χ1) is 10.5. The van der Waals surface area contributed by atoms with Crippen LogP contribution in [0.2, 0.25) is 0 Å². The van der Waals surface area contributed by atoms with Crippen LogP contribution in [-0.2, 0) is 12.7 Å². The summed E-state index contributed by atoms with van der Waals surface area (Å²) in [5.74, 6) is 0.256. The zero-order valence-corrected chi connectivity index (χ0v) is 14.2. The van der Waals surface area contributed by atoms with E-state index >= 15 is 0 Å². The Bertz CT molecular complexity index is 529. The van der Waals surface area contributed by atoms with Gasteiger partial charge >= 0.3 is 6.18 Å². The zero-order chi connectivity index (χ0) is 17.3. The van der Waals surface area contributed by atoms with Crippen molar-refractivity contribution in [2.24, 2.45) is 0 Å². The monoisotopic (exact) mass is 330 g/mol. The summed E-state index contributed by atoms with van der Waals surface area (Å²) in [4.78, 5) is 8.39. The standard InChI is InChI=1S/C16H25F3N4/c1-15(2,3)21-14-9-13(16(17,18)19)12(10-20-14)11-23-7-5-22(4)6-8-23/h9-10H,5-8,11H2,1-4H3,(H,20,21). The van der Waals surface area contributed by atoms with E-state index in [0.717, 1.165) is 32.2 Å². The number of halogens is 3. The number of nitrogens with one attached hydrogen (secondary N) is 1. The molecule has 0 amide bonds. The molecule has 0 saturated carbocycles. The predicted molar refractivity (Wildman–Crippen MR) is 85.4 cm³/mol. The highest BCUT2D eigenvalue weighted by atomic mass is 19.4. The van der Waals surface area contributed by atoms with Crippen molar-refractivity contribution in [1.82, 2.24) is 14.8 Å².